The van der Waals surface area contributed by atoms with E-state index in [0.29, 0.717) is 16.8 Å². The number of halogens is 1. The molecule has 30 heavy (non-hydrogen) atoms. The van der Waals surface area contributed by atoms with E-state index in [0.717, 1.165) is 15.7 Å². The Morgan fingerprint density at radius 1 is 0.900 bits per heavy atom. The molecule has 2 amide bonds. The summed E-state index contributed by atoms with van der Waals surface area (Å²) in [7, 11) is 3.94. The van der Waals surface area contributed by atoms with Gasteiger partial charge in [0, 0.05) is 41.1 Å². The summed E-state index contributed by atoms with van der Waals surface area (Å²) in [4.78, 5) is 26.8. The molecule has 0 atom stereocenters. The Labute approximate surface area is 183 Å². The van der Waals surface area contributed by atoms with Crippen LogP contribution in [-0.4, -0.2) is 32.1 Å². The van der Waals surface area contributed by atoms with Crippen molar-refractivity contribution >= 4 is 45.3 Å². The first-order valence-electron chi connectivity index (χ1n) is 9.20. The maximum Gasteiger partial charge on any atom is 0.271 e. The molecule has 0 aromatic heterocycles. The van der Waals surface area contributed by atoms with E-state index in [4.69, 9.17) is 0 Å². The zero-order chi connectivity index (χ0) is 21.5. The number of anilines is 2. The van der Waals surface area contributed by atoms with Gasteiger partial charge in [0.15, 0.2) is 0 Å². The molecule has 0 saturated carbocycles. The highest BCUT2D eigenvalue weighted by atomic mass is 79.9. The average Bonchev–Trinajstić information content (AvgIpc) is 2.74. The lowest BCUT2D eigenvalue weighted by atomic mass is 10.1. The lowest BCUT2D eigenvalue weighted by Gasteiger charge is -2.11. The largest absolute Gasteiger partial charge is 0.378 e. The van der Waals surface area contributed by atoms with Crippen molar-refractivity contribution in [2.75, 3.05) is 24.3 Å². The summed E-state index contributed by atoms with van der Waals surface area (Å²) >= 11 is 3.35. The fourth-order valence-corrected chi connectivity index (χ4v) is 3.06. The van der Waals surface area contributed by atoms with Gasteiger partial charge in [-0.15, -0.1) is 0 Å². The van der Waals surface area contributed by atoms with E-state index in [1.807, 2.05) is 49.3 Å². The molecule has 3 aromatic carbocycles. The summed E-state index contributed by atoms with van der Waals surface area (Å²) in [5.74, 6) is -0.622. The lowest BCUT2D eigenvalue weighted by molar-refractivity contribution is 0.0953. The molecule has 3 rings (SSSR count). The molecular formula is C23H21BrN4O2. The van der Waals surface area contributed by atoms with Gasteiger partial charge in [-0.2, -0.15) is 5.10 Å². The van der Waals surface area contributed by atoms with Crippen LogP contribution < -0.4 is 15.6 Å². The molecule has 0 aliphatic heterocycles. The number of carbonyl (C=O) groups excluding carboxylic acids is 2. The summed E-state index contributed by atoms with van der Waals surface area (Å²) in [6, 6.07) is 21.6. The molecule has 0 unspecified atom stereocenters. The van der Waals surface area contributed by atoms with Crippen LogP contribution in [0.3, 0.4) is 0 Å². The van der Waals surface area contributed by atoms with Crippen LogP contribution in [0.15, 0.2) is 82.4 Å². The van der Waals surface area contributed by atoms with Gasteiger partial charge in [0.2, 0.25) is 0 Å². The smallest absolute Gasteiger partial charge is 0.271 e. The quantitative estimate of drug-likeness (QED) is 0.415. The molecular weight excluding hydrogens is 444 g/mol. The van der Waals surface area contributed by atoms with Gasteiger partial charge in [-0.05, 0) is 54.1 Å². The first-order valence-corrected chi connectivity index (χ1v) is 9.99. The van der Waals surface area contributed by atoms with Gasteiger partial charge in [0.1, 0.15) is 0 Å². The highest BCUT2D eigenvalue weighted by Crippen LogP contribution is 2.15. The van der Waals surface area contributed by atoms with E-state index in [-0.39, 0.29) is 11.8 Å². The third kappa shape index (κ3) is 5.78. The molecule has 7 heteroatoms. The monoisotopic (exact) mass is 464 g/mol. The van der Waals surface area contributed by atoms with Crippen molar-refractivity contribution in [1.29, 1.82) is 0 Å². The summed E-state index contributed by atoms with van der Waals surface area (Å²) in [6.45, 7) is 0. The van der Waals surface area contributed by atoms with Crippen LogP contribution in [0.1, 0.15) is 26.3 Å². The Morgan fingerprint density at radius 3 is 2.23 bits per heavy atom. The molecule has 0 aliphatic carbocycles. The molecule has 3 aromatic rings. The molecule has 0 spiro atoms. The number of hydrazone groups is 1. The van der Waals surface area contributed by atoms with E-state index in [9.17, 15) is 9.59 Å². The molecule has 2 N–H and O–H groups in total. The molecule has 0 heterocycles. The molecule has 0 saturated heterocycles. The predicted molar refractivity (Wildman–Crippen MR) is 124 cm³/mol. The second-order valence-electron chi connectivity index (χ2n) is 6.73. The summed E-state index contributed by atoms with van der Waals surface area (Å²) < 4.78 is 0.817. The molecule has 0 radical (unpaired) electrons. The van der Waals surface area contributed by atoms with Crippen LogP contribution in [0.25, 0.3) is 0 Å². The van der Waals surface area contributed by atoms with Crippen molar-refractivity contribution in [2.24, 2.45) is 5.10 Å². The number of hydrogen-bond acceptors (Lipinski definition) is 4. The van der Waals surface area contributed by atoms with Crippen molar-refractivity contribution in [3.63, 3.8) is 0 Å². The molecule has 0 fully saturated rings. The van der Waals surface area contributed by atoms with E-state index in [1.54, 1.807) is 48.7 Å². The number of hydrogen-bond donors (Lipinski definition) is 2. The number of benzene rings is 3. The van der Waals surface area contributed by atoms with E-state index in [2.05, 4.69) is 31.8 Å². The SMILES string of the molecule is CN(C)c1ccc(/C=N/NC(=O)c2cccc(NC(=O)c3cccc(Br)c3)c2)cc1. The first-order chi connectivity index (χ1) is 14.4. The van der Waals surface area contributed by atoms with Crippen LogP contribution in [0, 0.1) is 0 Å². The minimum absolute atomic E-state index is 0.256. The first kappa shape index (κ1) is 21.3. The lowest BCUT2D eigenvalue weighted by Crippen LogP contribution is -2.18. The fraction of sp³-hybridized carbons (Fsp3) is 0.0870. The Kier molecular flexibility index (Phi) is 6.98. The number of carbonyl (C=O) groups is 2. The Bertz CT molecular complexity index is 1080. The van der Waals surface area contributed by atoms with Crippen LogP contribution in [-0.2, 0) is 0 Å². The zero-order valence-electron chi connectivity index (χ0n) is 16.6. The third-order valence-electron chi connectivity index (χ3n) is 4.26. The Balaban J connectivity index is 1.62. The second kappa shape index (κ2) is 9.84. The van der Waals surface area contributed by atoms with Crippen LogP contribution in [0.4, 0.5) is 11.4 Å². The highest BCUT2D eigenvalue weighted by molar-refractivity contribution is 9.10. The van der Waals surface area contributed by atoms with Crippen LogP contribution in [0.5, 0.6) is 0 Å². The van der Waals surface area contributed by atoms with E-state index < -0.39 is 0 Å². The molecule has 152 valence electrons. The molecule has 0 aliphatic rings. The van der Waals surface area contributed by atoms with Crippen molar-refractivity contribution in [2.45, 2.75) is 0 Å². The predicted octanol–water partition coefficient (Wildman–Crippen LogP) is 4.53. The Hall–Kier alpha value is -3.45. The maximum atomic E-state index is 12.4. The number of rotatable bonds is 6. The fourth-order valence-electron chi connectivity index (χ4n) is 2.66. The summed E-state index contributed by atoms with van der Waals surface area (Å²) in [6.07, 6.45) is 1.58. The third-order valence-corrected chi connectivity index (χ3v) is 4.75. The summed E-state index contributed by atoms with van der Waals surface area (Å²) in [5.41, 5.74) is 5.89. The summed E-state index contributed by atoms with van der Waals surface area (Å²) in [5, 5.41) is 6.80. The van der Waals surface area contributed by atoms with Gasteiger partial charge in [0.25, 0.3) is 11.8 Å². The van der Waals surface area contributed by atoms with Gasteiger partial charge >= 0.3 is 0 Å². The number of nitrogens with one attached hydrogen (secondary N) is 2. The zero-order valence-corrected chi connectivity index (χ0v) is 18.2. The van der Waals surface area contributed by atoms with Crippen molar-refractivity contribution in [3.8, 4) is 0 Å². The molecule has 0 bridgehead atoms. The minimum atomic E-state index is -0.366. The second-order valence-corrected chi connectivity index (χ2v) is 7.65. The van der Waals surface area contributed by atoms with E-state index >= 15 is 0 Å². The Morgan fingerprint density at radius 2 is 1.57 bits per heavy atom. The minimum Gasteiger partial charge on any atom is -0.378 e. The van der Waals surface area contributed by atoms with Gasteiger partial charge in [-0.3, -0.25) is 9.59 Å². The van der Waals surface area contributed by atoms with E-state index in [1.165, 1.54) is 0 Å². The number of nitrogens with zero attached hydrogens (tertiary/aromatic N) is 2. The highest BCUT2D eigenvalue weighted by Gasteiger charge is 2.09. The van der Waals surface area contributed by atoms with Gasteiger partial charge in [-0.25, -0.2) is 5.43 Å². The normalized spacial score (nSPS) is 10.6. The molecule has 6 nitrogen and oxygen atoms in total. The van der Waals surface area contributed by atoms with Crippen molar-refractivity contribution in [3.05, 3.63) is 94.0 Å². The van der Waals surface area contributed by atoms with Crippen LogP contribution in [0.2, 0.25) is 0 Å². The van der Waals surface area contributed by atoms with Crippen molar-refractivity contribution in [1.82, 2.24) is 5.43 Å². The maximum absolute atomic E-state index is 12.4. The van der Waals surface area contributed by atoms with Crippen LogP contribution >= 0.6 is 15.9 Å². The topological polar surface area (TPSA) is 73.8 Å². The average molecular weight is 465 g/mol. The number of amides is 2. The van der Waals surface area contributed by atoms with Gasteiger partial charge in [0.05, 0.1) is 6.21 Å². The van der Waals surface area contributed by atoms with Crippen molar-refractivity contribution < 1.29 is 9.59 Å². The van der Waals surface area contributed by atoms with Gasteiger partial charge in [-0.1, -0.05) is 40.2 Å². The van der Waals surface area contributed by atoms with Gasteiger partial charge < -0.3 is 10.2 Å². The standard InChI is InChI=1S/C23H21BrN4O2/c1-28(2)21-11-9-16(10-12-21)15-25-27-23(30)18-6-4-8-20(14-18)26-22(29)17-5-3-7-19(24)13-17/h3-15H,1-2H3,(H,26,29)(H,27,30)/b25-15+.